The van der Waals surface area contributed by atoms with Gasteiger partial charge in [-0.3, -0.25) is 9.59 Å². The first-order chi connectivity index (χ1) is 13.0. The van der Waals surface area contributed by atoms with Crippen LogP contribution in [0.4, 0.5) is 5.69 Å². The van der Waals surface area contributed by atoms with Gasteiger partial charge < -0.3 is 5.32 Å². The van der Waals surface area contributed by atoms with E-state index in [1.165, 1.54) is 6.07 Å². The van der Waals surface area contributed by atoms with Gasteiger partial charge in [-0.15, -0.1) is 0 Å². The highest BCUT2D eigenvalue weighted by Gasteiger charge is 2.10. The number of hydrazone groups is 1. The van der Waals surface area contributed by atoms with Crippen molar-refractivity contribution in [2.45, 2.75) is 6.42 Å². The predicted molar refractivity (Wildman–Crippen MR) is 109 cm³/mol. The second-order valence-corrected chi connectivity index (χ2v) is 6.53. The number of hydrogen-bond donors (Lipinski definition) is 2. The number of anilines is 1. The highest BCUT2D eigenvalue weighted by Crippen LogP contribution is 2.25. The lowest BCUT2D eigenvalue weighted by Crippen LogP contribution is -2.24. The standard InChI is InChI=1S/C20H15Cl2N3O2/c21-17-9-8-15(10-18(17)22)24-19(26)11-20(27)25-23-12-14-6-3-5-13-4-1-2-7-16(13)14/h1-10,12H,11H2,(H,24,26)(H,25,27). The minimum Gasteiger partial charge on any atom is -0.326 e. The van der Waals surface area contributed by atoms with Crippen molar-refractivity contribution in [3.8, 4) is 0 Å². The minimum absolute atomic E-state index is 0.318. The van der Waals surface area contributed by atoms with Crippen LogP contribution < -0.4 is 10.7 Å². The van der Waals surface area contributed by atoms with Gasteiger partial charge >= 0.3 is 0 Å². The van der Waals surface area contributed by atoms with E-state index in [1.807, 2.05) is 42.5 Å². The highest BCUT2D eigenvalue weighted by atomic mass is 35.5. The Hall–Kier alpha value is -2.89. The van der Waals surface area contributed by atoms with E-state index in [2.05, 4.69) is 15.8 Å². The van der Waals surface area contributed by atoms with E-state index in [-0.39, 0.29) is 6.42 Å². The van der Waals surface area contributed by atoms with Gasteiger partial charge in [0, 0.05) is 11.3 Å². The van der Waals surface area contributed by atoms with Crippen LogP contribution >= 0.6 is 23.2 Å². The SMILES string of the molecule is O=C(CC(=O)Nc1ccc(Cl)c(Cl)c1)NN=Cc1cccc2ccccc12. The van der Waals surface area contributed by atoms with Gasteiger partial charge in [0.15, 0.2) is 0 Å². The fraction of sp³-hybridized carbons (Fsp3) is 0.0500. The number of nitrogens with one attached hydrogen (secondary N) is 2. The maximum absolute atomic E-state index is 11.9. The Kier molecular flexibility index (Phi) is 6.06. The van der Waals surface area contributed by atoms with Crippen molar-refractivity contribution in [2.75, 3.05) is 5.32 Å². The molecule has 3 rings (SSSR count). The second kappa shape index (κ2) is 8.66. The van der Waals surface area contributed by atoms with Crippen LogP contribution in [0.25, 0.3) is 10.8 Å². The van der Waals surface area contributed by atoms with E-state index >= 15 is 0 Å². The van der Waals surface area contributed by atoms with Crippen LogP contribution in [0.3, 0.4) is 0 Å². The second-order valence-electron chi connectivity index (χ2n) is 5.72. The van der Waals surface area contributed by atoms with Crippen molar-refractivity contribution in [1.29, 1.82) is 0 Å². The van der Waals surface area contributed by atoms with Gasteiger partial charge in [-0.05, 0) is 29.0 Å². The molecule has 0 aliphatic carbocycles. The lowest BCUT2D eigenvalue weighted by molar-refractivity contribution is -0.126. The van der Waals surface area contributed by atoms with Gasteiger partial charge in [0.1, 0.15) is 6.42 Å². The molecular weight excluding hydrogens is 385 g/mol. The number of rotatable bonds is 5. The number of carbonyl (C=O) groups is 2. The quantitative estimate of drug-likeness (QED) is 0.373. The third kappa shape index (κ3) is 5.06. The van der Waals surface area contributed by atoms with E-state index in [4.69, 9.17) is 23.2 Å². The van der Waals surface area contributed by atoms with Crippen molar-refractivity contribution in [1.82, 2.24) is 5.43 Å². The summed E-state index contributed by atoms with van der Waals surface area (Å²) in [6.45, 7) is 0. The number of nitrogens with zero attached hydrogens (tertiary/aromatic N) is 1. The molecule has 3 aromatic carbocycles. The molecule has 5 nitrogen and oxygen atoms in total. The summed E-state index contributed by atoms with van der Waals surface area (Å²) < 4.78 is 0. The summed E-state index contributed by atoms with van der Waals surface area (Å²) in [6.07, 6.45) is 1.18. The minimum atomic E-state index is -0.524. The van der Waals surface area contributed by atoms with E-state index in [0.29, 0.717) is 15.7 Å². The molecule has 0 fully saturated rings. The van der Waals surface area contributed by atoms with Crippen molar-refractivity contribution >= 4 is 57.7 Å². The molecule has 3 aromatic rings. The summed E-state index contributed by atoms with van der Waals surface area (Å²) in [6, 6.07) is 18.4. The maximum atomic E-state index is 11.9. The molecule has 136 valence electrons. The van der Waals surface area contributed by atoms with Crippen LogP contribution in [0.5, 0.6) is 0 Å². The number of fused-ring (bicyclic) bond motifs is 1. The summed E-state index contributed by atoms with van der Waals surface area (Å²) in [5, 5.41) is 9.32. The largest absolute Gasteiger partial charge is 0.326 e. The van der Waals surface area contributed by atoms with Crippen LogP contribution in [0, 0.1) is 0 Å². The molecule has 2 N–H and O–H groups in total. The van der Waals surface area contributed by atoms with E-state index in [1.54, 1.807) is 18.3 Å². The molecule has 0 atom stereocenters. The molecule has 27 heavy (non-hydrogen) atoms. The van der Waals surface area contributed by atoms with Gasteiger partial charge in [-0.2, -0.15) is 5.10 Å². The Morgan fingerprint density at radius 2 is 1.70 bits per heavy atom. The number of amides is 2. The summed E-state index contributed by atoms with van der Waals surface area (Å²) >= 11 is 11.7. The van der Waals surface area contributed by atoms with E-state index < -0.39 is 11.8 Å². The molecule has 0 radical (unpaired) electrons. The molecule has 0 aliphatic rings. The van der Waals surface area contributed by atoms with Crippen LogP contribution in [0.15, 0.2) is 65.8 Å². The molecule has 0 spiro atoms. The van der Waals surface area contributed by atoms with Gasteiger partial charge in [0.2, 0.25) is 11.8 Å². The molecular formula is C20H15Cl2N3O2. The summed E-state index contributed by atoms with van der Waals surface area (Å²) in [5.41, 5.74) is 3.68. The summed E-state index contributed by atoms with van der Waals surface area (Å²) in [4.78, 5) is 23.8. The summed E-state index contributed by atoms with van der Waals surface area (Å²) in [5.74, 6) is -1.00. The Morgan fingerprint density at radius 1 is 0.926 bits per heavy atom. The molecule has 2 amide bonds. The normalized spacial score (nSPS) is 10.9. The average Bonchev–Trinajstić information content (AvgIpc) is 2.65. The first-order valence-corrected chi connectivity index (χ1v) is 8.83. The Morgan fingerprint density at radius 3 is 2.52 bits per heavy atom. The topological polar surface area (TPSA) is 70.6 Å². The lowest BCUT2D eigenvalue weighted by Gasteiger charge is -2.06. The average molecular weight is 400 g/mol. The number of benzene rings is 3. The Labute approximate surface area is 166 Å². The maximum Gasteiger partial charge on any atom is 0.249 e. The molecule has 0 saturated carbocycles. The molecule has 0 aromatic heterocycles. The molecule has 7 heteroatoms. The van der Waals surface area contributed by atoms with Crippen molar-refractivity contribution < 1.29 is 9.59 Å². The Bertz CT molecular complexity index is 1030. The lowest BCUT2D eigenvalue weighted by atomic mass is 10.1. The molecule has 0 bridgehead atoms. The van der Waals surface area contributed by atoms with E-state index in [0.717, 1.165) is 16.3 Å². The van der Waals surface area contributed by atoms with Gasteiger partial charge in [0.05, 0.1) is 16.3 Å². The fourth-order valence-corrected chi connectivity index (χ4v) is 2.80. The smallest absolute Gasteiger partial charge is 0.249 e. The highest BCUT2D eigenvalue weighted by molar-refractivity contribution is 6.42. The van der Waals surface area contributed by atoms with Crippen LogP contribution in [-0.2, 0) is 9.59 Å². The molecule has 0 saturated heterocycles. The third-order valence-electron chi connectivity index (χ3n) is 3.74. The van der Waals surface area contributed by atoms with Crippen molar-refractivity contribution in [3.05, 3.63) is 76.3 Å². The first kappa shape index (κ1) is 18.9. The van der Waals surface area contributed by atoms with Crippen LogP contribution in [0.2, 0.25) is 10.0 Å². The molecule has 0 heterocycles. The predicted octanol–water partition coefficient (Wildman–Crippen LogP) is 4.63. The van der Waals surface area contributed by atoms with Crippen molar-refractivity contribution in [2.24, 2.45) is 5.10 Å². The summed E-state index contributed by atoms with van der Waals surface area (Å²) in [7, 11) is 0. The zero-order valence-corrected chi connectivity index (χ0v) is 15.6. The third-order valence-corrected chi connectivity index (χ3v) is 4.48. The van der Waals surface area contributed by atoms with Crippen LogP contribution in [-0.4, -0.2) is 18.0 Å². The fourth-order valence-electron chi connectivity index (χ4n) is 2.50. The molecule has 0 aliphatic heterocycles. The van der Waals surface area contributed by atoms with Crippen molar-refractivity contribution in [3.63, 3.8) is 0 Å². The monoisotopic (exact) mass is 399 g/mol. The van der Waals surface area contributed by atoms with Gasteiger partial charge in [-0.1, -0.05) is 65.7 Å². The van der Waals surface area contributed by atoms with E-state index in [9.17, 15) is 9.59 Å². The number of hydrogen-bond acceptors (Lipinski definition) is 3. The Balaban J connectivity index is 1.56. The molecule has 0 unspecified atom stereocenters. The van der Waals surface area contributed by atoms with Gasteiger partial charge in [-0.25, -0.2) is 5.43 Å². The number of halogens is 2. The zero-order valence-electron chi connectivity index (χ0n) is 14.1. The zero-order chi connectivity index (χ0) is 19.2. The van der Waals surface area contributed by atoms with Gasteiger partial charge in [0.25, 0.3) is 0 Å². The van der Waals surface area contributed by atoms with Crippen LogP contribution in [0.1, 0.15) is 12.0 Å². The first-order valence-electron chi connectivity index (χ1n) is 8.07. The number of carbonyl (C=O) groups excluding carboxylic acids is 2.